The van der Waals surface area contributed by atoms with E-state index in [1.54, 1.807) is 18.4 Å². The summed E-state index contributed by atoms with van der Waals surface area (Å²) in [5.41, 5.74) is 2.35. The third-order valence-electron chi connectivity index (χ3n) is 3.93. The molecule has 110 valence electrons. The molecule has 1 aliphatic carbocycles. The molecular weight excluding hydrogens is 278 g/mol. The van der Waals surface area contributed by atoms with Crippen LogP contribution in [0, 0.1) is 0 Å². The van der Waals surface area contributed by atoms with Crippen molar-refractivity contribution in [2.75, 3.05) is 0 Å². The summed E-state index contributed by atoms with van der Waals surface area (Å²) in [5.74, 6) is 0.922. The Bertz CT molecular complexity index is 777. The number of amides is 1. The minimum Gasteiger partial charge on any atom is -0.463 e. The van der Waals surface area contributed by atoms with Gasteiger partial charge >= 0.3 is 0 Å². The maximum Gasteiger partial charge on any atom is 0.272 e. The van der Waals surface area contributed by atoms with Crippen molar-refractivity contribution >= 4 is 5.91 Å². The molecule has 1 aliphatic rings. The summed E-state index contributed by atoms with van der Waals surface area (Å²) in [5, 5.41) is 9.90. The van der Waals surface area contributed by atoms with Gasteiger partial charge in [-0.2, -0.15) is 5.10 Å². The zero-order valence-electron chi connectivity index (χ0n) is 11.8. The quantitative estimate of drug-likeness (QED) is 0.777. The molecule has 0 saturated heterocycles. The van der Waals surface area contributed by atoms with E-state index in [4.69, 9.17) is 4.42 Å². The SMILES string of the molecule is O=C(N[C@@H]1C[C@H]1c1ccccc1)c1cc(-c2ccco2)[nH]n1. The second-order valence-electron chi connectivity index (χ2n) is 5.48. The van der Waals surface area contributed by atoms with Crippen LogP contribution in [-0.4, -0.2) is 22.1 Å². The molecule has 22 heavy (non-hydrogen) atoms. The lowest BCUT2D eigenvalue weighted by molar-refractivity contribution is 0.0945. The molecule has 4 rings (SSSR count). The van der Waals surface area contributed by atoms with Gasteiger partial charge in [0.05, 0.1) is 6.26 Å². The van der Waals surface area contributed by atoms with Crippen molar-refractivity contribution in [1.82, 2.24) is 15.5 Å². The summed E-state index contributed by atoms with van der Waals surface area (Å²) in [6.45, 7) is 0. The van der Waals surface area contributed by atoms with E-state index in [0.29, 0.717) is 23.1 Å². The Morgan fingerprint density at radius 3 is 2.86 bits per heavy atom. The normalized spacial score (nSPS) is 19.8. The molecule has 0 bridgehead atoms. The molecule has 2 aromatic heterocycles. The summed E-state index contributed by atoms with van der Waals surface area (Å²) in [6.07, 6.45) is 2.57. The molecule has 1 amide bonds. The Labute approximate surface area is 127 Å². The summed E-state index contributed by atoms with van der Waals surface area (Å²) in [6, 6.07) is 15.8. The molecule has 2 N–H and O–H groups in total. The Balaban J connectivity index is 1.41. The Kier molecular flexibility index (Phi) is 3.04. The molecule has 5 nitrogen and oxygen atoms in total. The number of furan rings is 1. The highest BCUT2D eigenvalue weighted by atomic mass is 16.3. The van der Waals surface area contributed by atoms with Crippen LogP contribution in [0.15, 0.2) is 59.2 Å². The molecule has 5 heteroatoms. The van der Waals surface area contributed by atoms with E-state index in [1.165, 1.54) is 5.56 Å². The van der Waals surface area contributed by atoms with Crippen molar-refractivity contribution in [1.29, 1.82) is 0 Å². The second kappa shape index (κ2) is 5.18. The van der Waals surface area contributed by atoms with Crippen LogP contribution in [0.25, 0.3) is 11.5 Å². The Morgan fingerprint density at radius 1 is 1.23 bits per heavy atom. The van der Waals surface area contributed by atoms with Crippen molar-refractivity contribution in [3.8, 4) is 11.5 Å². The first-order valence-electron chi connectivity index (χ1n) is 7.26. The van der Waals surface area contributed by atoms with Gasteiger partial charge in [0, 0.05) is 18.0 Å². The highest BCUT2D eigenvalue weighted by Gasteiger charge is 2.39. The fraction of sp³-hybridized carbons (Fsp3) is 0.176. The second-order valence-corrected chi connectivity index (χ2v) is 5.48. The first-order chi connectivity index (χ1) is 10.8. The number of hydrogen-bond donors (Lipinski definition) is 2. The van der Waals surface area contributed by atoms with Crippen LogP contribution in [0.2, 0.25) is 0 Å². The number of nitrogens with one attached hydrogen (secondary N) is 2. The van der Waals surface area contributed by atoms with Crippen LogP contribution in [0.5, 0.6) is 0 Å². The number of hydrogen-bond acceptors (Lipinski definition) is 3. The maximum atomic E-state index is 12.2. The van der Waals surface area contributed by atoms with E-state index in [9.17, 15) is 4.79 Å². The van der Waals surface area contributed by atoms with Gasteiger partial charge < -0.3 is 9.73 Å². The minimum absolute atomic E-state index is 0.155. The third-order valence-corrected chi connectivity index (χ3v) is 3.93. The lowest BCUT2D eigenvalue weighted by Gasteiger charge is -2.02. The largest absolute Gasteiger partial charge is 0.463 e. The first kappa shape index (κ1) is 12.9. The van der Waals surface area contributed by atoms with Crippen LogP contribution in [-0.2, 0) is 0 Å². The Morgan fingerprint density at radius 2 is 2.09 bits per heavy atom. The summed E-state index contributed by atoms with van der Waals surface area (Å²) < 4.78 is 5.28. The molecule has 2 heterocycles. The number of carbonyl (C=O) groups excluding carboxylic acids is 1. The fourth-order valence-corrected chi connectivity index (χ4v) is 2.66. The highest BCUT2D eigenvalue weighted by Crippen LogP contribution is 2.40. The third kappa shape index (κ3) is 2.41. The standard InChI is InChI=1S/C17H15N3O2/c21-17(15-10-14(19-20-15)16-7-4-8-22-16)18-13-9-12(13)11-5-2-1-3-6-11/h1-8,10,12-13H,9H2,(H,18,21)(H,19,20)/t12-,13+/m0/s1. The van der Waals surface area contributed by atoms with Crippen molar-refractivity contribution in [3.05, 3.63) is 66.1 Å². The highest BCUT2D eigenvalue weighted by molar-refractivity contribution is 5.93. The van der Waals surface area contributed by atoms with Gasteiger partial charge in [-0.05, 0) is 24.1 Å². The van der Waals surface area contributed by atoms with Gasteiger partial charge in [-0.25, -0.2) is 0 Å². The number of nitrogens with zero attached hydrogens (tertiary/aromatic N) is 1. The van der Waals surface area contributed by atoms with Crippen molar-refractivity contribution in [2.24, 2.45) is 0 Å². The van der Waals surface area contributed by atoms with E-state index in [1.807, 2.05) is 24.3 Å². The van der Waals surface area contributed by atoms with Crippen molar-refractivity contribution < 1.29 is 9.21 Å². The maximum absolute atomic E-state index is 12.2. The predicted octanol–water partition coefficient (Wildman–Crippen LogP) is 2.96. The molecule has 1 fully saturated rings. The number of benzene rings is 1. The zero-order chi connectivity index (χ0) is 14.9. The van der Waals surface area contributed by atoms with E-state index in [-0.39, 0.29) is 11.9 Å². The first-order valence-corrected chi connectivity index (χ1v) is 7.26. The van der Waals surface area contributed by atoms with Gasteiger partial charge in [0.25, 0.3) is 5.91 Å². The van der Waals surface area contributed by atoms with Gasteiger partial charge in [-0.15, -0.1) is 0 Å². The van der Waals surface area contributed by atoms with E-state index < -0.39 is 0 Å². The summed E-state index contributed by atoms with van der Waals surface area (Å²) >= 11 is 0. The average Bonchev–Trinajstić information content (AvgIpc) is 2.99. The molecule has 1 saturated carbocycles. The van der Waals surface area contributed by atoms with Gasteiger partial charge in [0.15, 0.2) is 11.5 Å². The number of rotatable bonds is 4. The van der Waals surface area contributed by atoms with Gasteiger partial charge in [-0.3, -0.25) is 9.89 Å². The Hall–Kier alpha value is -2.82. The fourth-order valence-electron chi connectivity index (χ4n) is 2.66. The molecule has 0 aliphatic heterocycles. The van der Waals surface area contributed by atoms with E-state index in [0.717, 1.165) is 6.42 Å². The molecule has 0 spiro atoms. The van der Waals surface area contributed by atoms with Crippen LogP contribution in [0.3, 0.4) is 0 Å². The lowest BCUT2D eigenvalue weighted by Crippen LogP contribution is -2.26. The smallest absolute Gasteiger partial charge is 0.272 e. The number of H-pyrrole nitrogens is 1. The van der Waals surface area contributed by atoms with Gasteiger partial charge in [0.1, 0.15) is 5.69 Å². The molecule has 1 aromatic carbocycles. The minimum atomic E-state index is -0.155. The average molecular weight is 293 g/mol. The van der Waals surface area contributed by atoms with Crippen molar-refractivity contribution in [2.45, 2.75) is 18.4 Å². The number of aromatic nitrogens is 2. The van der Waals surface area contributed by atoms with Crippen LogP contribution in [0.4, 0.5) is 0 Å². The zero-order valence-corrected chi connectivity index (χ0v) is 11.8. The summed E-state index contributed by atoms with van der Waals surface area (Å²) in [4.78, 5) is 12.2. The predicted molar refractivity (Wildman–Crippen MR) is 81.3 cm³/mol. The molecular formula is C17H15N3O2. The number of aromatic amines is 1. The van der Waals surface area contributed by atoms with Gasteiger partial charge in [0.2, 0.25) is 0 Å². The van der Waals surface area contributed by atoms with E-state index >= 15 is 0 Å². The summed E-state index contributed by atoms with van der Waals surface area (Å²) in [7, 11) is 0. The monoisotopic (exact) mass is 293 g/mol. The van der Waals surface area contributed by atoms with Crippen LogP contribution >= 0.6 is 0 Å². The lowest BCUT2D eigenvalue weighted by atomic mass is 10.1. The van der Waals surface area contributed by atoms with Crippen molar-refractivity contribution in [3.63, 3.8) is 0 Å². The van der Waals surface area contributed by atoms with E-state index in [2.05, 4.69) is 27.6 Å². The van der Waals surface area contributed by atoms with Crippen LogP contribution < -0.4 is 5.32 Å². The molecule has 0 unspecified atom stereocenters. The van der Waals surface area contributed by atoms with Gasteiger partial charge in [-0.1, -0.05) is 30.3 Å². The molecule has 3 aromatic rings. The molecule has 2 atom stereocenters. The van der Waals surface area contributed by atoms with Crippen LogP contribution in [0.1, 0.15) is 28.4 Å². The number of carbonyl (C=O) groups is 1. The topological polar surface area (TPSA) is 70.9 Å². The molecule has 0 radical (unpaired) electrons.